The molecule has 6 heteroatoms. The van der Waals surface area contributed by atoms with Crippen LogP contribution in [0.4, 0.5) is 5.95 Å². The van der Waals surface area contributed by atoms with E-state index in [1.165, 1.54) is 0 Å². The van der Waals surface area contributed by atoms with E-state index in [2.05, 4.69) is 25.9 Å². The third-order valence-electron chi connectivity index (χ3n) is 3.32. The summed E-state index contributed by atoms with van der Waals surface area (Å²) in [5.41, 5.74) is 1.91. The van der Waals surface area contributed by atoms with Crippen molar-refractivity contribution in [2.75, 3.05) is 31.2 Å². The smallest absolute Gasteiger partial charge is 0.225 e. The molecule has 22 heavy (non-hydrogen) atoms. The van der Waals surface area contributed by atoms with Crippen molar-refractivity contribution in [3.05, 3.63) is 48.0 Å². The summed E-state index contributed by atoms with van der Waals surface area (Å²) >= 11 is 0. The number of allylic oxidation sites excluding steroid dienone is 1. The maximum atomic E-state index is 9.28. The van der Waals surface area contributed by atoms with Gasteiger partial charge in [0.2, 0.25) is 5.95 Å². The predicted molar refractivity (Wildman–Crippen MR) is 82.8 cm³/mol. The van der Waals surface area contributed by atoms with Crippen LogP contribution in [-0.2, 0) is 4.74 Å². The molecular formula is C16H15N5O. The molecule has 6 nitrogen and oxygen atoms in total. The van der Waals surface area contributed by atoms with Gasteiger partial charge in [0.25, 0.3) is 0 Å². The lowest BCUT2D eigenvalue weighted by Crippen LogP contribution is -2.37. The zero-order valence-corrected chi connectivity index (χ0v) is 12.0. The van der Waals surface area contributed by atoms with Crippen molar-refractivity contribution in [1.29, 1.82) is 5.26 Å². The summed E-state index contributed by atoms with van der Waals surface area (Å²) in [5.74, 6) is 0.691. The third-order valence-corrected chi connectivity index (χ3v) is 3.32. The molecule has 1 aliphatic rings. The molecule has 3 rings (SSSR count). The minimum atomic E-state index is 0.489. The number of pyridine rings is 1. The van der Waals surface area contributed by atoms with Crippen LogP contribution >= 0.6 is 0 Å². The highest BCUT2D eigenvalue weighted by molar-refractivity contribution is 5.87. The Balaban J connectivity index is 1.80. The van der Waals surface area contributed by atoms with E-state index in [0.29, 0.717) is 30.4 Å². The van der Waals surface area contributed by atoms with Gasteiger partial charge in [-0.2, -0.15) is 5.26 Å². The molecular weight excluding hydrogens is 278 g/mol. The quantitative estimate of drug-likeness (QED) is 0.803. The Labute approximate surface area is 128 Å². The molecule has 0 amide bonds. The second-order valence-corrected chi connectivity index (χ2v) is 4.80. The summed E-state index contributed by atoms with van der Waals surface area (Å²) in [4.78, 5) is 15.0. The summed E-state index contributed by atoms with van der Waals surface area (Å²) in [6.07, 6.45) is 6.85. The van der Waals surface area contributed by atoms with Crippen molar-refractivity contribution in [2.24, 2.45) is 0 Å². The second-order valence-electron chi connectivity index (χ2n) is 4.80. The van der Waals surface area contributed by atoms with E-state index < -0.39 is 0 Å². The van der Waals surface area contributed by atoms with Crippen molar-refractivity contribution in [3.8, 4) is 6.07 Å². The number of anilines is 1. The maximum absolute atomic E-state index is 9.28. The summed E-state index contributed by atoms with van der Waals surface area (Å²) in [6.45, 7) is 2.99. The van der Waals surface area contributed by atoms with Crippen LogP contribution in [0.25, 0.3) is 11.6 Å². The summed E-state index contributed by atoms with van der Waals surface area (Å²) in [7, 11) is 0. The molecule has 0 unspecified atom stereocenters. The first-order valence-electron chi connectivity index (χ1n) is 7.05. The molecule has 2 aromatic heterocycles. The van der Waals surface area contributed by atoms with E-state index in [9.17, 15) is 5.26 Å². The standard InChI is InChI=1S/C16H15N5O/c17-10-14(15-3-1-2-4-18-15)9-13-11-19-16(20-12-13)21-5-7-22-8-6-21/h1-4,9,11-12H,5-8H2/b14-9-. The number of morpholine rings is 1. The summed E-state index contributed by atoms with van der Waals surface area (Å²) in [5, 5.41) is 9.28. The first kappa shape index (κ1) is 14.2. The van der Waals surface area contributed by atoms with Crippen LogP contribution in [0.2, 0.25) is 0 Å². The lowest BCUT2D eigenvalue weighted by Gasteiger charge is -2.26. The van der Waals surface area contributed by atoms with Gasteiger partial charge in [-0.3, -0.25) is 4.98 Å². The number of ether oxygens (including phenoxy) is 1. The van der Waals surface area contributed by atoms with E-state index in [0.717, 1.165) is 18.7 Å². The van der Waals surface area contributed by atoms with Gasteiger partial charge in [-0.1, -0.05) is 6.07 Å². The molecule has 0 N–H and O–H groups in total. The molecule has 0 saturated carbocycles. The van der Waals surface area contributed by atoms with E-state index in [4.69, 9.17) is 4.74 Å². The van der Waals surface area contributed by atoms with E-state index in [-0.39, 0.29) is 0 Å². The van der Waals surface area contributed by atoms with Gasteiger partial charge in [0, 0.05) is 37.2 Å². The highest BCUT2D eigenvalue weighted by atomic mass is 16.5. The largest absolute Gasteiger partial charge is 0.378 e. The van der Waals surface area contributed by atoms with Gasteiger partial charge in [-0.05, 0) is 18.2 Å². The molecule has 0 bridgehead atoms. The molecule has 0 aromatic carbocycles. The fraction of sp³-hybridized carbons (Fsp3) is 0.250. The molecule has 0 radical (unpaired) electrons. The molecule has 0 aliphatic carbocycles. The maximum Gasteiger partial charge on any atom is 0.225 e. The zero-order chi connectivity index (χ0) is 15.2. The highest BCUT2D eigenvalue weighted by Crippen LogP contribution is 2.16. The van der Waals surface area contributed by atoms with Gasteiger partial charge < -0.3 is 9.64 Å². The van der Waals surface area contributed by atoms with Gasteiger partial charge >= 0.3 is 0 Å². The first-order chi connectivity index (χ1) is 10.9. The highest BCUT2D eigenvalue weighted by Gasteiger charge is 2.13. The number of hydrogen-bond donors (Lipinski definition) is 0. The molecule has 3 heterocycles. The Kier molecular flexibility index (Phi) is 4.37. The van der Waals surface area contributed by atoms with Crippen LogP contribution in [-0.4, -0.2) is 41.3 Å². The number of aromatic nitrogens is 3. The third kappa shape index (κ3) is 3.27. The van der Waals surface area contributed by atoms with Crippen molar-refractivity contribution >= 4 is 17.6 Å². The van der Waals surface area contributed by atoms with Crippen molar-refractivity contribution in [2.45, 2.75) is 0 Å². The lowest BCUT2D eigenvalue weighted by atomic mass is 10.1. The summed E-state index contributed by atoms with van der Waals surface area (Å²) in [6, 6.07) is 7.64. The van der Waals surface area contributed by atoms with Gasteiger partial charge in [-0.25, -0.2) is 9.97 Å². The van der Waals surface area contributed by atoms with Crippen molar-refractivity contribution in [1.82, 2.24) is 15.0 Å². The molecule has 0 spiro atoms. The Morgan fingerprint density at radius 2 is 1.95 bits per heavy atom. The van der Waals surface area contributed by atoms with Gasteiger partial charge in [-0.15, -0.1) is 0 Å². The monoisotopic (exact) mass is 293 g/mol. The topological polar surface area (TPSA) is 74.9 Å². The van der Waals surface area contributed by atoms with Crippen LogP contribution in [0.1, 0.15) is 11.3 Å². The normalized spacial score (nSPS) is 15.4. The lowest BCUT2D eigenvalue weighted by molar-refractivity contribution is 0.122. The molecule has 0 atom stereocenters. The van der Waals surface area contributed by atoms with Gasteiger partial charge in [0.05, 0.1) is 24.5 Å². The number of nitrogens with zero attached hydrogens (tertiary/aromatic N) is 5. The van der Waals surface area contributed by atoms with E-state index >= 15 is 0 Å². The van der Waals surface area contributed by atoms with E-state index in [1.54, 1.807) is 30.7 Å². The molecule has 110 valence electrons. The van der Waals surface area contributed by atoms with Crippen LogP contribution in [0.15, 0.2) is 36.8 Å². The average molecular weight is 293 g/mol. The van der Waals surface area contributed by atoms with Gasteiger partial charge in [0.1, 0.15) is 6.07 Å². The fourth-order valence-electron chi connectivity index (χ4n) is 2.18. The fourth-order valence-corrected chi connectivity index (χ4v) is 2.18. The van der Waals surface area contributed by atoms with Crippen LogP contribution in [0, 0.1) is 11.3 Å². The van der Waals surface area contributed by atoms with E-state index in [1.807, 2.05) is 12.1 Å². The van der Waals surface area contributed by atoms with Crippen LogP contribution < -0.4 is 4.90 Å². The Hall–Kier alpha value is -2.78. The minimum absolute atomic E-state index is 0.489. The Bertz CT molecular complexity index is 685. The molecule has 2 aromatic rings. The van der Waals surface area contributed by atoms with Gasteiger partial charge in [0.15, 0.2) is 0 Å². The minimum Gasteiger partial charge on any atom is -0.378 e. The van der Waals surface area contributed by atoms with Crippen molar-refractivity contribution < 1.29 is 4.74 Å². The van der Waals surface area contributed by atoms with Crippen molar-refractivity contribution in [3.63, 3.8) is 0 Å². The Morgan fingerprint density at radius 1 is 1.18 bits per heavy atom. The van der Waals surface area contributed by atoms with Crippen LogP contribution in [0.3, 0.4) is 0 Å². The predicted octanol–water partition coefficient (Wildman–Crippen LogP) is 1.77. The number of nitriles is 1. The number of rotatable bonds is 3. The van der Waals surface area contributed by atoms with Crippen LogP contribution in [0.5, 0.6) is 0 Å². The molecule has 1 saturated heterocycles. The molecule has 1 fully saturated rings. The zero-order valence-electron chi connectivity index (χ0n) is 12.0. The average Bonchev–Trinajstić information content (AvgIpc) is 2.62. The first-order valence-corrected chi connectivity index (χ1v) is 7.05. The SMILES string of the molecule is N#C/C(=C/c1cnc(N2CCOCC2)nc1)c1ccccn1. The molecule has 1 aliphatic heterocycles. The summed E-state index contributed by atoms with van der Waals surface area (Å²) < 4.78 is 5.31. The Morgan fingerprint density at radius 3 is 2.59 bits per heavy atom. The number of hydrogen-bond acceptors (Lipinski definition) is 6. The second kappa shape index (κ2) is 6.78.